The fourth-order valence-electron chi connectivity index (χ4n) is 4.48. The number of hydrogen-bond donors (Lipinski definition) is 2. The van der Waals surface area contributed by atoms with Gasteiger partial charge in [-0.1, -0.05) is 102 Å². The van der Waals surface area contributed by atoms with E-state index in [-0.39, 0.29) is 34.5 Å². The van der Waals surface area contributed by atoms with Crippen LogP contribution in [0.4, 0.5) is 5.69 Å². The van der Waals surface area contributed by atoms with Crippen LogP contribution in [0.5, 0.6) is 0 Å². The molecule has 2 amide bonds. The monoisotopic (exact) mass is 607 g/mol. The van der Waals surface area contributed by atoms with Crippen LogP contribution < -0.4 is 10.6 Å². The van der Waals surface area contributed by atoms with E-state index < -0.39 is 11.8 Å². The molecule has 4 rings (SSSR count). The van der Waals surface area contributed by atoms with Crippen LogP contribution in [0, 0.1) is 25.2 Å². The molecule has 0 heterocycles. The minimum atomic E-state index is -0.785. The molecule has 0 saturated carbocycles. The van der Waals surface area contributed by atoms with Crippen LogP contribution >= 0.6 is 23.4 Å². The van der Waals surface area contributed by atoms with Crippen LogP contribution in [0.1, 0.15) is 49.7 Å². The number of carbonyl (C=O) groups is 3. The van der Waals surface area contributed by atoms with Crippen molar-refractivity contribution in [3.63, 3.8) is 0 Å². The molecule has 43 heavy (non-hydrogen) atoms. The SMILES string of the molecule is Cc1ccc(C)c(NC(=O)CS/C(NC(=O)c2ccccc2)=C(\C#N)[C@@H](CC(=O)c2ccccc2)c2ccccc2Cl)c1. The normalized spacial score (nSPS) is 12.0. The van der Waals surface area contributed by atoms with Crippen molar-refractivity contribution in [1.29, 1.82) is 5.26 Å². The first kappa shape index (κ1) is 31.3. The van der Waals surface area contributed by atoms with E-state index in [1.807, 2.05) is 38.1 Å². The van der Waals surface area contributed by atoms with E-state index in [9.17, 15) is 19.6 Å². The highest BCUT2D eigenvalue weighted by molar-refractivity contribution is 8.03. The van der Waals surface area contributed by atoms with E-state index in [2.05, 4.69) is 16.7 Å². The second-order valence-corrected chi connectivity index (χ2v) is 11.3. The maximum absolute atomic E-state index is 13.4. The number of benzene rings is 4. The van der Waals surface area contributed by atoms with Gasteiger partial charge >= 0.3 is 0 Å². The van der Waals surface area contributed by atoms with Gasteiger partial charge in [-0.3, -0.25) is 14.4 Å². The number of ketones is 1. The van der Waals surface area contributed by atoms with E-state index in [1.165, 1.54) is 0 Å². The van der Waals surface area contributed by atoms with E-state index in [4.69, 9.17) is 11.6 Å². The van der Waals surface area contributed by atoms with Crippen LogP contribution in [0.15, 0.2) is 114 Å². The van der Waals surface area contributed by atoms with Crippen LogP contribution in [-0.4, -0.2) is 23.4 Å². The highest BCUT2D eigenvalue weighted by Crippen LogP contribution is 2.37. The lowest BCUT2D eigenvalue weighted by Crippen LogP contribution is -2.26. The molecule has 8 heteroatoms. The lowest BCUT2D eigenvalue weighted by molar-refractivity contribution is -0.113. The number of rotatable bonds is 11. The molecule has 0 aromatic heterocycles. The van der Waals surface area contributed by atoms with Gasteiger partial charge in [0.15, 0.2) is 5.78 Å². The average Bonchev–Trinajstić information content (AvgIpc) is 3.02. The Kier molecular flexibility index (Phi) is 10.9. The predicted octanol–water partition coefficient (Wildman–Crippen LogP) is 7.85. The standard InChI is InChI=1S/C35H30ClN3O3S/c1-23-17-18-24(2)31(19-23)38-33(41)22-43-35(39-34(42)26-13-7-4-8-14-26)29(21-37)28(27-15-9-10-16-30(27)36)20-32(40)25-11-5-3-6-12-25/h3-19,28H,20,22H2,1-2H3,(H,38,41)(H,39,42)/b35-29+/t28-/m0/s1. The number of nitrogens with zero attached hydrogens (tertiary/aromatic N) is 1. The Bertz CT molecular complexity index is 1700. The first-order valence-electron chi connectivity index (χ1n) is 13.6. The van der Waals surface area contributed by atoms with E-state index in [0.717, 1.165) is 22.9 Å². The van der Waals surface area contributed by atoms with Crippen molar-refractivity contribution < 1.29 is 14.4 Å². The first-order chi connectivity index (χ1) is 20.8. The van der Waals surface area contributed by atoms with Gasteiger partial charge in [0.05, 0.1) is 22.4 Å². The molecule has 0 aliphatic heterocycles. The van der Waals surface area contributed by atoms with Crippen molar-refractivity contribution in [2.75, 3.05) is 11.1 Å². The van der Waals surface area contributed by atoms with Crippen LogP contribution in [0.25, 0.3) is 0 Å². The number of Topliss-reactive ketones (excluding diaryl/α,β-unsaturated/α-hetero) is 1. The Balaban J connectivity index is 1.73. The van der Waals surface area contributed by atoms with Crippen molar-refractivity contribution in [3.8, 4) is 6.07 Å². The van der Waals surface area contributed by atoms with Gasteiger partial charge in [-0.2, -0.15) is 5.26 Å². The molecule has 0 fully saturated rings. The Hall–Kier alpha value is -4.64. The molecule has 0 bridgehead atoms. The summed E-state index contributed by atoms with van der Waals surface area (Å²) in [6, 6.07) is 32.4. The number of hydrogen-bond acceptors (Lipinski definition) is 5. The second-order valence-electron chi connectivity index (χ2n) is 9.90. The van der Waals surface area contributed by atoms with E-state index >= 15 is 0 Å². The molecule has 2 N–H and O–H groups in total. The summed E-state index contributed by atoms with van der Waals surface area (Å²) >= 11 is 7.62. The zero-order valence-corrected chi connectivity index (χ0v) is 25.3. The van der Waals surface area contributed by atoms with Gasteiger partial charge in [0, 0.05) is 34.2 Å². The van der Waals surface area contributed by atoms with Gasteiger partial charge in [-0.15, -0.1) is 0 Å². The fraction of sp³-hybridized carbons (Fsp3) is 0.143. The molecule has 0 unspecified atom stereocenters. The van der Waals surface area contributed by atoms with Crippen molar-refractivity contribution in [2.45, 2.75) is 26.2 Å². The number of anilines is 1. The molecule has 4 aromatic rings. The van der Waals surface area contributed by atoms with Gasteiger partial charge < -0.3 is 10.6 Å². The fourth-order valence-corrected chi connectivity index (χ4v) is 5.60. The van der Waals surface area contributed by atoms with Gasteiger partial charge in [0.2, 0.25) is 5.91 Å². The summed E-state index contributed by atoms with van der Waals surface area (Å²) in [5.74, 6) is -1.82. The van der Waals surface area contributed by atoms with Crippen molar-refractivity contribution >= 4 is 46.6 Å². The lowest BCUT2D eigenvalue weighted by Gasteiger charge is -2.21. The third-order valence-corrected chi connectivity index (χ3v) is 8.12. The number of carbonyl (C=O) groups excluding carboxylic acids is 3. The van der Waals surface area contributed by atoms with Crippen LogP contribution in [-0.2, 0) is 4.79 Å². The molecule has 4 aromatic carbocycles. The number of nitriles is 1. The number of amides is 2. The Morgan fingerprint density at radius 1 is 0.860 bits per heavy atom. The molecule has 216 valence electrons. The molecule has 0 spiro atoms. The van der Waals surface area contributed by atoms with Crippen LogP contribution in [0.2, 0.25) is 5.02 Å². The topological polar surface area (TPSA) is 99.1 Å². The van der Waals surface area contributed by atoms with Crippen molar-refractivity contribution in [1.82, 2.24) is 5.32 Å². The summed E-state index contributed by atoms with van der Waals surface area (Å²) in [7, 11) is 0. The third-order valence-electron chi connectivity index (χ3n) is 6.76. The lowest BCUT2D eigenvalue weighted by atomic mass is 9.86. The van der Waals surface area contributed by atoms with Gasteiger partial charge in [0.1, 0.15) is 0 Å². The summed E-state index contributed by atoms with van der Waals surface area (Å²) < 4.78 is 0. The van der Waals surface area contributed by atoms with Gasteiger partial charge in [-0.05, 0) is 54.8 Å². The summed E-state index contributed by atoms with van der Waals surface area (Å²) in [5, 5.41) is 16.9. The van der Waals surface area contributed by atoms with Gasteiger partial charge in [0.25, 0.3) is 5.91 Å². The summed E-state index contributed by atoms with van der Waals surface area (Å²) in [5.41, 5.74) is 4.17. The zero-order chi connectivity index (χ0) is 30.8. The Morgan fingerprint density at radius 2 is 1.49 bits per heavy atom. The average molecular weight is 608 g/mol. The molecule has 0 aliphatic rings. The predicted molar refractivity (Wildman–Crippen MR) is 173 cm³/mol. The summed E-state index contributed by atoms with van der Waals surface area (Å²) in [4.78, 5) is 39.8. The summed E-state index contributed by atoms with van der Waals surface area (Å²) in [6.45, 7) is 3.84. The third kappa shape index (κ3) is 8.45. The molecular formula is C35H30ClN3O3S. The molecule has 0 aliphatic carbocycles. The number of aryl methyl sites for hydroxylation is 2. The second kappa shape index (κ2) is 15.0. The summed E-state index contributed by atoms with van der Waals surface area (Å²) in [6.07, 6.45) is -0.0728. The maximum atomic E-state index is 13.4. The zero-order valence-electron chi connectivity index (χ0n) is 23.8. The number of thioether (sulfide) groups is 1. The molecule has 0 saturated heterocycles. The van der Waals surface area contributed by atoms with E-state index in [0.29, 0.717) is 27.4 Å². The van der Waals surface area contributed by atoms with Crippen LogP contribution in [0.3, 0.4) is 0 Å². The van der Waals surface area contributed by atoms with Gasteiger partial charge in [-0.25, -0.2) is 0 Å². The van der Waals surface area contributed by atoms with E-state index in [1.54, 1.807) is 78.9 Å². The Labute approximate surface area is 260 Å². The number of halogens is 1. The molecule has 6 nitrogen and oxygen atoms in total. The first-order valence-corrected chi connectivity index (χ1v) is 15.0. The minimum absolute atomic E-state index is 0.0728. The van der Waals surface area contributed by atoms with Crippen molar-refractivity contribution in [2.24, 2.45) is 0 Å². The quantitative estimate of drug-likeness (QED) is 0.134. The Morgan fingerprint density at radius 3 is 2.14 bits per heavy atom. The highest BCUT2D eigenvalue weighted by Gasteiger charge is 2.28. The molecule has 0 radical (unpaired) electrons. The maximum Gasteiger partial charge on any atom is 0.256 e. The number of nitrogens with one attached hydrogen (secondary N) is 2. The number of allylic oxidation sites excluding steroid dienone is 1. The smallest absolute Gasteiger partial charge is 0.256 e. The largest absolute Gasteiger partial charge is 0.325 e. The highest BCUT2D eigenvalue weighted by atomic mass is 35.5. The minimum Gasteiger partial charge on any atom is -0.325 e. The van der Waals surface area contributed by atoms with Crippen molar-refractivity contribution in [3.05, 3.63) is 147 Å². The molecule has 1 atom stereocenters. The molecular weight excluding hydrogens is 578 g/mol.